The number of carbonyl (C=O) groups excluding carboxylic acids is 1. The average molecular weight is 323 g/mol. The number of hydrogen-bond donors (Lipinski definition) is 3. The Morgan fingerprint density at radius 2 is 2.05 bits per heavy atom. The van der Waals surface area contributed by atoms with Crippen LogP contribution in [0.2, 0.25) is 0 Å². The highest BCUT2D eigenvalue weighted by molar-refractivity contribution is 7.15. The van der Waals surface area contributed by atoms with Gasteiger partial charge in [-0.1, -0.05) is 0 Å². The number of benzene rings is 1. The van der Waals surface area contributed by atoms with Gasteiger partial charge in [0.1, 0.15) is 5.01 Å². The smallest absolute Gasteiger partial charge is 0.221 e. The van der Waals surface area contributed by atoms with Gasteiger partial charge in [-0.25, -0.2) is 4.98 Å². The van der Waals surface area contributed by atoms with Crippen molar-refractivity contribution < 1.29 is 20.0 Å². The lowest BCUT2D eigenvalue weighted by Crippen LogP contribution is -2.16. The van der Waals surface area contributed by atoms with Gasteiger partial charge in [-0.2, -0.15) is 0 Å². The topological polar surface area (TPSA) is 94.9 Å². The predicted molar refractivity (Wildman–Crippen MR) is 81.7 cm³/mol. The molecule has 0 saturated heterocycles. The summed E-state index contributed by atoms with van der Waals surface area (Å²) < 4.78 is 0. The second kappa shape index (κ2) is 7.43. The van der Waals surface area contributed by atoms with Gasteiger partial charge in [0.05, 0.1) is 17.7 Å². The van der Waals surface area contributed by atoms with Crippen LogP contribution in [0.3, 0.4) is 0 Å². The molecule has 0 radical (unpaired) electrons. The molecule has 22 heavy (non-hydrogen) atoms. The fourth-order valence-corrected chi connectivity index (χ4v) is 2.95. The molecule has 0 aliphatic rings. The minimum absolute atomic E-state index is 0.109. The molecule has 0 unspecified atom stereocenters. The maximum absolute atomic E-state index is 11.0. The van der Waals surface area contributed by atoms with Crippen LogP contribution < -0.4 is 5.32 Å². The van der Waals surface area contributed by atoms with Crippen molar-refractivity contribution in [1.29, 1.82) is 0 Å². The fraction of sp³-hybridized carbons (Fsp3) is 0.286. The molecular formula is C14H17N3O4S. The Morgan fingerprint density at radius 1 is 1.36 bits per heavy atom. The van der Waals surface area contributed by atoms with E-state index in [4.69, 9.17) is 10.4 Å². The molecule has 2 aromatic rings. The molecule has 0 bridgehead atoms. The van der Waals surface area contributed by atoms with Crippen LogP contribution in [0.15, 0.2) is 24.3 Å². The monoisotopic (exact) mass is 323 g/mol. The molecule has 2 rings (SSSR count). The number of carbonyl (C=O) groups is 1. The maximum Gasteiger partial charge on any atom is 0.221 e. The van der Waals surface area contributed by atoms with Crippen molar-refractivity contribution in [3.63, 3.8) is 0 Å². The first-order chi connectivity index (χ1) is 10.5. The summed E-state index contributed by atoms with van der Waals surface area (Å²) in [5, 5.41) is 20.3. The van der Waals surface area contributed by atoms with Crippen LogP contribution in [-0.4, -0.2) is 33.3 Å². The van der Waals surface area contributed by atoms with E-state index in [1.54, 1.807) is 0 Å². The van der Waals surface area contributed by atoms with Gasteiger partial charge < -0.3 is 5.32 Å². The number of nitrogens with zero attached hydrogens (tertiary/aromatic N) is 2. The molecular weight excluding hydrogens is 306 g/mol. The molecule has 1 amide bonds. The van der Waals surface area contributed by atoms with Crippen molar-refractivity contribution >= 4 is 22.9 Å². The summed E-state index contributed by atoms with van der Waals surface area (Å²) in [6, 6.07) is 7.44. The Bertz CT molecular complexity index is 640. The summed E-state index contributed by atoms with van der Waals surface area (Å²) in [5.41, 5.74) is 2.58. The molecule has 0 aliphatic carbocycles. The Hall–Kier alpha value is -1.84. The molecule has 3 N–H and O–H groups in total. The van der Waals surface area contributed by atoms with Gasteiger partial charge in [0.25, 0.3) is 0 Å². The van der Waals surface area contributed by atoms with Crippen molar-refractivity contribution in [2.75, 3.05) is 11.9 Å². The lowest BCUT2D eigenvalue weighted by Gasteiger charge is -2.04. The zero-order valence-corrected chi connectivity index (χ0v) is 13.1. The number of anilines is 1. The lowest BCUT2D eigenvalue weighted by atomic mass is 10.2. The number of aromatic nitrogens is 1. The molecule has 7 nitrogen and oxygen atoms in total. The van der Waals surface area contributed by atoms with E-state index >= 15 is 0 Å². The van der Waals surface area contributed by atoms with Crippen LogP contribution in [0, 0.1) is 6.92 Å². The van der Waals surface area contributed by atoms with Crippen LogP contribution >= 0.6 is 11.3 Å². The SMILES string of the molecule is CC(=O)Nc1ccc(-c2nc(C)c(CCON(O)O)s2)cc1. The summed E-state index contributed by atoms with van der Waals surface area (Å²) in [5.74, 6) is -0.109. The molecule has 1 aromatic carbocycles. The quantitative estimate of drug-likeness (QED) is 0.707. The van der Waals surface area contributed by atoms with E-state index in [1.807, 2.05) is 31.2 Å². The van der Waals surface area contributed by atoms with Crippen molar-refractivity contribution in [3.8, 4) is 10.6 Å². The van der Waals surface area contributed by atoms with Crippen LogP contribution in [-0.2, 0) is 16.1 Å². The third kappa shape index (κ3) is 4.58. The maximum atomic E-state index is 11.0. The van der Waals surface area contributed by atoms with E-state index in [9.17, 15) is 4.79 Å². The molecule has 8 heteroatoms. The molecule has 0 saturated carbocycles. The molecule has 118 valence electrons. The fourth-order valence-electron chi connectivity index (χ4n) is 1.90. The summed E-state index contributed by atoms with van der Waals surface area (Å²) in [7, 11) is 0. The zero-order valence-electron chi connectivity index (χ0n) is 12.2. The summed E-state index contributed by atoms with van der Waals surface area (Å²) in [6.45, 7) is 3.51. The van der Waals surface area contributed by atoms with Crippen molar-refractivity contribution in [3.05, 3.63) is 34.8 Å². The van der Waals surface area contributed by atoms with E-state index in [-0.39, 0.29) is 17.9 Å². The number of rotatable bonds is 6. The van der Waals surface area contributed by atoms with Crippen LogP contribution in [0.5, 0.6) is 0 Å². The highest BCUT2D eigenvalue weighted by Gasteiger charge is 2.10. The summed E-state index contributed by atoms with van der Waals surface area (Å²) in [4.78, 5) is 21.1. The molecule has 0 atom stereocenters. The number of thiazole rings is 1. The minimum atomic E-state index is -0.294. The largest absolute Gasteiger partial charge is 0.326 e. The van der Waals surface area contributed by atoms with Crippen LogP contribution in [0.4, 0.5) is 5.69 Å². The van der Waals surface area contributed by atoms with Gasteiger partial charge in [0.2, 0.25) is 5.91 Å². The standard InChI is InChI=1S/C14H17N3O4S/c1-9-13(7-8-21-17(19)20)22-14(15-9)11-3-5-12(6-4-11)16-10(2)18/h3-6,19-20H,7-8H2,1-2H3,(H,16,18). The van der Waals surface area contributed by atoms with E-state index < -0.39 is 0 Å². The molecule has 1 heterocycles. The first-order valence-electron chi connectivity index (χ1n) is 6.61. The normalized spacial score (nSPS) is 11.0. The van der Waals surface area contributed by atoms with Gasteiger partial charge in [-0.3, -0.25) is 20.0 Å². The number of hydrogen-bond acceptors (Lipinski definition) is 7. The van der Waals surface area contributed by atoms with Gasteiger partial charge in [0.15, 0.2) is 0 Å². The Kier molecular flexibility index (Phi) is 5.58. The van der Waals surface area contributed by atoms with Crippen molar-refractivity contribution in [2.24, 2.45) is 0 Å². The molecule has 0 spiro atoms. The number of nitrogens with one attached hydrogen (secondary N) is 1. The molecule has 0 fully saturated rings. The van der Waals surface area contributed by atoms with Gasteiger partial charge >= 0.3 is 0 Å². The van der Waals surface area contributed by atoms with Crippen molar-refractivity contribution in [2.45, 2.75) is 20.3 Å². The molecule has 1 aromatic heterocycles. The lowest BCUT2D eigenvalue weighted by molar-refractivity contribution is -0.492. The minimum Gasteiger partial charge on any atom is -0.326 e. The summed E-state index contributed by atoms with van der Waals surface area (Å²) >= 11 is 1.52. The zero-order chi connectivity index (χ0) is 16.1. The second-order valence-electron chi connectivity index (χ2n) is 4.62. The highest BCUT2D eigenvalue weighted by atomic mass is 32.1. The third-order valence-electron chi connectivity index (χ3n) is 2.88. The van der Waals surface area contributed by atoms with Gasteiger partial charge in [-0.05, 0) is 31.2 Å². The van der Waals surface area contributed by atoms with E-state index in [0.717, 1.165) is 26.8 Å². The number of amides is 1. The molecule has 0 aliphatic heterocycles. The van der Waals surface area contributed by atoms with Gasteiger partial charge in [0, 0.05) is 29.5 Å². The van der Waals surface area contributed by atoms with E-state index in [2.05, 4.69) is 15.1 Å². The Balaban J connectivity index is 2.07. The van der Waals surface area contributed by atoms with Crippen LogP contribution in [0.1, 0.15) is 17.5 Å². The first-order valence-corrected chi connectivity index (χ1v) is 7.42. The van der Waals surface area contributed by atoms with Crippen LogP contribution in [0.25, 0.3) is 10.6 Å². The predicted octanol–water partition coefficient (Wildman–Crippen LogP) is 2.63. The third-order valence-corrected chi connectivity index (χ3v) is 4.15. The number of aryl methyl sites for hydroxylation is 1. The summed E-state index contributed by atoms with van der Waals surface area (Å²) in [6.07, 6.45) is 0.533. The Morgan fingerprint density at radius 3 is 2.64 bits per heavy atom. The first kappa shape index (κ1) is 16.5. The van der Waals surface area contributed by atoms with Gasteiger partial charge in [-0.15, -0.1) is 11.3 Å². The Labute approximate surface area is 131 Å². The van der Waals surface area contributed by atoms with E-state index in [0.29, 0.717) is 6.42 Å². The average Bonchev–Trinajstić information content (AvgIpc) is 2.80. The van der Waals surface area contributed by atoms with Crippen molar-refractivity contribution in [1.82, 2.24) is 10.4 Å². The second-order valence-corrected chi connectivity index (χ2v) is 5.71. The highest BCUT2D eigenvalue weighted by Crippen LogP contribution is 2.29. The van der Waals surface area contributed by atoms with E-state index in [1.165, 1.54) is 18.3 Å².